The van der Waals surface area contributed by atoms with Crippen LogP contribution < -0.4 is 4.90 Å². The van der Waals surface area contributed by atoms with E-state index in [1.807, 2.05) is 41.6 Å². The Balaban J connectivity index is 1.23. The number of rotatable bonds is 10. The van der Waals surface area contributed by atoms with Crippen LogP contribution in [0.25, 0.3) is 11.1 Å². The van der Waals surface area contributed by atoms with Crippen LogP contribution >= 0.6 is 0 Å². The highest BCUT2D eigenvalue weighted by molar-refractivity contribution is 5.94. The Hall–Kier alpha value is -3.42. The van der Waals surface area contributed by atoms with E-state index < -0.39 is 5.83 Å². The van der Waals surface area contributed by atoms with Gasteiger partial charge in [-0.15, -0.1) is 0 Å². The molecule has 4 saturated carbocycles. The van der Waals surface area contributed by atoms with Crippen molar-refractivity contribution in [3.8, 4) is 11.1 Å². The van der Waals surface area contributed by atoms with Crippen LogP contribution in [0.1, 0.15) is 107 Å². The SMILES string of the molecule is C=C(F)CCC(=O)N(CC12CCC(c3noc(C(C)C)n3)(CC1)CC2)c1cccc(-c2cnc(C3CC3)nc2)c1. The number of carbonyl (C=O) groups is 1. The number of allylic oxidation sites excluding steroid dienone is 1. The summed E-state index contributed by atoms with van der Waals surface area (Å²) in [6.45, 7) is 8.12. The Kier molecular flexibility index (Phi) is 7.05. The van der Waals surface area contributed by atoms with E-state index in [-0.39, 0.29) is 35.5 Å². The highest BCUT2D eigenvalue weighted by atomic mass is 19.1. The number of anilines is 1. The lowest BCUT2D eigenvalue weighted by Crippen LogP contribution is -2.51. The number of hydrogen-bond donors (Lipinski definition) is 0. The first-order valence-electron chi connectivity index (χ1n) is 14.7. The zero-order valence-electron chi connectivity index (χ0n) is 23.5. The summed E-state index contributed by atoms with van der Waals surface area (Å²) in [5, 5.41) is 4.38. The summed E-state index contributed by atoms with van der Waals surface area (Å²) in [7, 11) is 0. The molecule has 4 aliphatic rings. The third kappa shape index (κ3) is 5.32. The molecule has 210 valence electrons. The lowest BCUT2D eigenvalue weighted by Gasteiger charge is -2.53. The van der Waals surface area contributed by atoms with E-state index in [0.717, 1.165) is 79.8 Å². The molecule has 0 aliphatic heterocycles. The predicted molar refractivity (Wildman–Crippen MR) is 151 cm³/mol. The second-order valence-electron chi connectivity index (χ2n) is 12.5. The molecule has 7 nitrogen and oxygen atoms in total. The first-order chi connectivity index (χ1) is 19.3. The topological polar surface area (TPSA) is 85.0 Å². The first kappa shape index (κ1) is 26.8. The summed E-state index contributed by atoms with van der Waals surface area (Å²) >= 11 is 0. The highest BCUT2D eigenvalue weighted by Gasteiger charge is 2.52. The Bertz CT molecular complexity index is 1370. The van der Waals surface area contributed by atoms with E-state index in [1.54, 1.807) is 0 Å². The number of carbonyl (C=O) groups excluding carboxylic acids is 1. The summed E-state index contributed by atoms with van der Waals surface area (Å²) in [6, 6.07) is 8.01. The minimum atomic E-state index is -0.464. The molecule has 0 unspecified atom stereocenters. The Labute approximate surface area is 235 Å². The van der Waals surface area contributed by atoms with Crippen molar-refractivity contribution in [2.24, 2.45) is 5.41 Å². The molecule has 0 radical (unpaired) electrons. The van der Waals surface area contributed by atoms with Gasteiger partial charge in [-0.3, -0.25) is 4.79 Å². The van der Waals surface area contributed by atoms with Crippen molar-refractivity contribution in [1.82, 2.24) is 20.1 Å². The van der Waals surface area contributed by atoms with Crippen molar-refractivity contribution in [3.05, 3.63) is 66.6 Å². The maximum atomic E-state index is 13.6. The summed E-state index contributed by atoms with van der Waals surface area (Å²) in [5.41, 5.74) is 2.70. The normalized spacial score (nSPS) is 23.9. The number of amides is 1. The van der Waals surface area contributed by atoms with Crippen LogP contribution in [-0.2, 0) is 10.2 Å². The van der Waals surface area contributed by atoms with E-state index in [9.17, 15) is 9.18 Å². The Morgan fingerprint density at radius 3 is 2.38 bits per heavy atom. The van der Waals surface area contributed by atoms with Crippen LogP contribution in [0.4, 0.5) is 10.1 Å². The monoisotopic (exact) mass is 543 g/mol. The van der Waals surface area contributed by atoms with E-state index in [0.29, 0.717) is 18.4 Å². The highest BCUT2D eigenvalue weighted by Crippen LogP contribution is 2.57. The second-order valence-corrected chi connectivity index (χ2v) is 12.5. The van der Waals surface area contributed by atoms with E-state index in [1.165, 1.54) is 0 Å². The van der Waals surface area contributed by atoms with Crippen LogP contribution in [0.15, 0.2) is 53.6 Å². The van der Waals surface area contributed by atoms with Crippen molar-refractivity contribution in [2.75, 3.05) is 11.4 Å². The van der Waals surface area contributed by atoms with Gasteiger partial charge in [-0.05, 0) is 74.5 Å². The molecule has 1 amide bonds. The third-order valence-corrected chi connectivity index (χ3v) is 9.32. The van der Waals surface area contributed by atoms with Gasteiger partial charge in [0.2, 0.25) is 11.8 Å². The van der Waals surface area contributed by atoms with Crippen molar-refractivity contribution in [2.45, 2.75) is 95.3 Å². The summed E-state index contributed by atoms with van der Waals surface area (Å²) < 4.78 is 19.1. The molecule has 4 fully saturated rings. The molecule has 1 aromatic carbocycles. The van der Waals surface area contributed by atoms with Gasteiger partial charge in [0.1, 0.15) is 5.82 Å². The van der Waals surface area contributed by atoms with Crippen LogP contribution in [0.5, 0.6) is 0 Å². The van der Waals surface area contributed by atoms with Gasteiger partial charge in [0, 0.05) is 60.3 Å². The van der Waals surface area contributed by atoms with E-state index >= 15 is 0 Å². The number of fused-ring (bicyclic) bond motifs is 3. The molecular weight excluding hydrogens is 505 g/mol. The average Bonchev–Trinajstić information content (AvgIpc) is 3.70. The van der Waals surface area contributed by atoms with Crippen LogP contribution in [0.3, 0.4) is 0 Å². The first-order valence-corrected chi connectivity index (χ1v) is 14.7. The zero-order valence-corrected chi connectivity index (χ0v) is 23.5. The van der Waals surface area contributed by atoms with E-state index in [2.05, 4.69) is 35.6 Å². The maximum Gasteiger partial charge on any atom is 0.229 e. The standard InChI is InChI=1S/C32H38FN5O2/c1-21(2)29-36-30(37-40-29)32-14-11-31(12-15-32,13-16-32)20-38(27(39)10-7-22(3)33)26-6-4-5-24(17-26)25-18-34-28(35-19-25)23-8-9-23/h4-6,17-19,21,23H,3,7-16,20H2,1-2H3. The van der Waals surface area contributed by atoms with Gasteiger partial charge in [0.25, 0.3) is 0 Å². The quantitative estimate of drug-likeness (QED) is 0.265. The fourth-order valence-corrected chi connectivity index (χ4v) is 6.45. The second kappa shape index (κ2) is 10.5. The Morgan fingerprint density at radius 2 is 1.77 bits per heavy atom. The lowest BCUT2D eigenvalue weighted by molar-refractivity contribution is -0.119. The Morgan fingerprint density at radius 1 is 1.07 bits per heavy atom. The molecule has 0 atom stereocenters. The summed E-state index contributed by atoms with van der Waals surface area (Å²) in [5.74, 6) is 2.63. The molecule has 2 heterocycles. The molecule has 0 saturated heterocycles. The number of nitrogens with zero attached hydrogens (tertiary/aromatic N) is 5. The van der Waals surface area contributed by atoms with Gasteiger partial charge in [-0.2, -0.15) is 4.98 Å². The van der Waals surface area contributed by atoms with Crippen molar-refractivity contribution < 1.29 is 13.7 Å². The largest absolute Gasteiger partial charge is 0.339 e. The van der Waals surface area contributed by atoms with Gasteiger partial charge < -0.3 is 9.42 Å². The number of benzene rings is 1. The van der Waals surface area contributed by atoms with Crippen molar-refractivity contribution in [3.63, 3.8) is 0 Å². The number of halogens is 1. The van der Waals surface area contributed by atoms with E-state index in [4.69, 9.17) is 9.51 Å². The lowest BCUT2D eigenvalue weighted by atomic mass is 9.53. The van der Waals surface area contributed by atoms with Gasteiger partial charge in [0.15, 0.2) is 5.82 Å². The predicted octanol–water partition coefficient (Wildman–Crippen LogP) is 7.42. The minimum Gasteiger partial charge on any atom is -0.339 e. The van der Waals surface area contributed by atoms with Crippen LogP contribution in [0, 0.1) is 5.41 Å². The molecule has 40 heavy (non-hydrogen) atoms. The maximum absolute atomic E-state index is 13.6. The molecule has 2 aromatic heterocycles. The molecule has 0 spiro atoms. The number of aromatic nitrogens is 4. The zero-order chi connectivity index (χ0) is 27.9. The molecule has 3 aromatic rings. The van der Waals surface area contributed by atoms with Crippen LogP contribution in [-0.4, -0.2) is 32.6 Å². The van der Waals surface area contributed by atoms with Gasteiger partial charge >= 0.3 is 0 Å². The van der Waals surface area contributed by atoms with Crippen molar-refractivity contribution in [1.29, 1.82) is 0 Å². The molecule has 7 rings (SSSR count). The molecule has 4 aliphatic carbocycles. The molecule has 8 heteroatoms. The fraction of sp³-hybridized carbons (Fsp3) is 0.531. The van der Waals surface area contributed by atoms with Gasteiger partial charge in [-0.1, -0.05) is 37.7 Å². The van der Waals surface area contributed by atoms with Crippen LogP contribution in [0.2, 0.25) is 0 Å². The van der Waals surface area contributed by atoms with Gasteiger partial charge in [0.05, 0.1) is 5.83 Å². The average molecular weight is 544 g/mol. The fourth-order valence-electron chi connectivity index (χ4n) is 6.45. The van der Waals surface area contributed by atoms with Gasteiger partial charge in [-0.25, -0.2) is 14.4 Å². The molecule has 0 N–H and O–H groups in total. The minimum absolute atomic E-state index is 0.0137. The van der Waals surface area contributed by atoms with Crippen molar-refractivity contribution >= 4 is 11.6 Å². The molecule has 2 bridgehead atoms. The summed E-state index contributed by atoms with van der Waals surface area (Å²) in [6.07, 6.45) is 12.1. The third-order valence-electron chi connectivity index (χ3n) is 9.32. The smallest absolute Gasteiger partial charge is 0.229 e. The molecular formula is C32H38FN5O2. The summed E-state index contributed by atoms with van der Waals surface area (Å²) in [4.78, 5) is 29.4. The number of hydrogen-bond acceptors (Lipinski definition) is 6.